The van der Waals surface area contributed by atoms with Gasteiger partial charge in [-0.2, -0.15) is 9.97 Å². The maximum Gasteiger partial charge on any atom is 0.238 e. The van der Waals surface area contributed by atoms with Crippen LogP contribution < -0.4 is 0 Å². The minimum Gasteiger partial charge on any atom is -0.455 e. The molecule has 0 bridgehead atoms. The van der Waals surface area contributed by atoms with Crippen molar-refractivity contribution in [1.82, 2.24) is 19.5 Å². The van der Waals surface area contributed by atoms with E-state index in [4.69, 9.17) is 19.4 Å². The van der Waals surface area contributed by atoms with E-state index in [2.05, 4.69) is 77.4 Å². The first-order chi connectivity index (χ1) is 22.8. The van der Waals surface area contributed by atoms with Gasteiger partial charge < -0.3 is 4.42 Å². The Bertz CT molecular complexity index is 2740. The SMILES string of the molecule is c1ccc(-c2nc(-c3ccccc3)nc(-n3c4c5ccccc5ccc4c4c5ccccc5c5oc6ccccc6c5c43)n2)cc1. The lowest BCUT2D eigenvalue weighted by Gasteiger charge is -2.12. The van der Waals surface area contributed by atoms with E-state index in [1.54, 1.807) is 0 Å². The summed E-state index contributed by atoms with van der Waals surface area (Å²) >= 11 is 0. The second-order valence-corrected chi connectivity index (χ2v) is 11.6. The van der Waals surface area contributed by atoms with E-state index in [0.717, 1.165) is 76.4 Å². The lowest BCUT2D eigenvalue weighted by molar-refractivity contribution is 0.673. The van der Waals surface area contributed by atoms with Crippen LogP contribution in [0.15, 0.2) is 150 Å². The number of nitrogens with zero attached hydrogens (tertiary/aromatic N) is 4. The van der Waals surface area contributed by atoms with Crippen LogP contribution in [-0.2, 0) is 0 Å². The van der Waals surface area contributed by atoms with Crippen molar-refractivity contribution in [1.29, 1.82) is 0 Å². The predicted molar refractivity (Wildman–Crippen MR) is 187 cm³/mol. The Morgan fingerprint density at radius 1 is 0.413 bits per heavy atom. The van der Waals surface area contributed by atoms with Gasteiger partial charge in [-0.25, -0.2) is 4.98 Å². The summed E-state index contributed by atoms with van der Waals surface area (Å²) in [5.74, 6) is 1.80. The Kier molecular flexibility index (Phi) is 5.22. The number of hydrogen-bond acceptors (Lipinski definition) is 4. The van der Waals surface area contributed by atoms with Gasteiger partial charge >= 0.3 is 0 Å². The van der Waals surface area contributed by atoms with Crippen molar-refractivity contribution >= 4 is 65.3 Å². The molecule has 0 fully saturated rings. The summed E-state index contributed by atoms with van der Waals surface area (Å²) < 4.78 is 8.92. The molecule has 214 valence electrons. The first kappa shape index (κ1) is 25.0. The first-order valence-corrected chi connectivity index (χ1v) is 15.4. The van der Waals surface area contributed by atoms with Crippen LogP contribution in [0.1, 0.15) is 0 Å². The number of rotatable bonds is 3. The van der Waals surface area contributed by atoms with Crippen LogP contribution in [0, 0.1) is 0 Å². The topological polar surface area (TPSA) is 56.7 Å². The molecule has 10 aromatic rings. The quantitative estimate of drug-likeness (QED) is 0.206. The summed E-state index contributed by atoms with van der Waals surface area (Å²) in [5.41, 5.74) is 5.65. The third kappa shape index (κ3) is 3.54. The number of para-hydroxylation sites is 1. The summed E-state index contributed by atoms with van der Waals surface area (Å²) in [4.78, 5) is 15.5. The van der Waals surface area contributed by atoms with E-state index in [0.29, 0.717) is 17.6 Å². The highest BCUT2D eigenvalue weighted by Gasteiger charge is 2.25. The van der Waals surface area contributed by atoms with E-state index in [9.17, 15) is 0 Å². The highest BCUT2D eigenvalue weighted by Crippen LogP contribution is 2.47. The van der Waals surface area contributed by atoms with Gasteiger partial charge in [-0.1, -0.05) is 140 Å². The fourth-order valence-corrected chi connectivity index (χ4v) is 7.03. The summed E-state index contributed by atoms with van der Waals surface area (Å²) in [5, 5.41) is 8.89. The van der Waals surface area contributed by atoms with Crippen LogP contribution in [0.2, 0.25) is 0 Å². The molecule has 0 N–H and O–H groups in total. The minimum atomic E-state index is 0.561. The molecule has 3 aromatic heterocycles. The molecular weight excluding hydrogens is 564 g/mol. The number of benzene rings is 7. The molecule has 3 heterocycles. The third-order valence-corrected chi connectivity index (χ3v) is 9.01. The van der Waals surface area contributed by atoms with Gasteiger partial charge in [0.2, 0.25) is 5.95 Å². The van der Waals surface area contributed by atoms with Gasteiger partial charge in [-0.15, -0.1) is 0 Å². The number of furan rings is 1. The maximum atomic E-state index is 6.67. The van der Waals surface area contributed by atoms with E-state index in [-0.39, 0.29) is 0 Å². The van der Waals surface area contributed by atoms with E-state index >= 15 is 0 Å². The smallest absolute Gasteiger partial charge is 0.238 e. The zero-order valence-corrected chi connectivity index (χ0v) is 24.6. The molecule has 0 aliphatic rings. The standard InChI is InChI=1S/C41H24N4O/c1-3-14-26(15-4-1)39-42-40(27-16-5-2-6-17-27)44-41(43-39)45-36-28-18-8-7-13-25(28)23-24-32(36)34-29-19-9-10-20-30(29)38-35(37(34)45)31-21-11-12-22-33(31)46-38/h1-24H. The molecule has 10 rings (SSSR count). The Morgan fingerprint density at radius 3 is 1.72 bits per heavy atom. The third-order valence-electron chi connectivity index (χ3n) is 9.01. The highest BCUT2D eigenvalue weighted by atomic mass is 16.3. The lowest BCUT2D eigenvalue weighted by atomic mass is 9.98. The van der Waals surface area contributed by atoms with Crippen LogP contribution in [0.3, 0.4) is 0 Å². The molecule has 0 aliphatic carbocycles. The fraction of sp³-hybridized carbons (Fsp3) is 0. The fourth-order valence-electron chi connectivity index (χ4n) is 7.03. The van der Waals surface area contributed by atoms with Crippen molar-refractivity contribution in [2.24, 2.45) is 0 Å². The summed E-state index contributed by atoms with van der Waals surface area (Å²) in [6.07, 6.45) is 0. The molecule has 0 saturated heterocycles. The highest BCUT2D eigenvalue weighted by molar-refractivity contribution is 6.36. The van der Waals surface area contributed by atoms with E-state index in [1.165, 1.54) is 0 Å². The Morgan fingerprint density at radius 2 is 1.00 bits per heavy atom. The van der Waals surface area contributed by atoms with Crippen molar-refractivity contribution in [2.75, 3.05) is 0 Å². The van der Waals surface area contributed by atoms with Crippen LogP contribution in [-0.4, -0.2) is 19.5 Å². The molecule has 0 spiro atoms. The zero-order valence-electron chi connectivity index (χ0n) is 24.6. The maximum absolute atomic E-state index is 6.67. The molecule has 0 saturated carbocycles. The summed E-state index contributed by atoms with van der Waals surface area (Å²) in [6, 6.07) is 50.1. The largest absolute Gasteiger partial charge is 0.455 e. The van der Waals surface area contributed by atoms with Crippen LogP contribution in [0.4, 0.5) is 0 Å². The molecule has 0 radical (unpaired) electrons. The van der Waals surface area contributed by atoms with Crippen LogP contribution >= 0.6 is 0 Å². The molecule has 0 aliphatic heterocycles. The molecule has 0 amide bonds. The van der Waals surface area contributed by atoms with Gasteiger partial charge in [0.15, 0.2) is 11.6 Å². The van der Waals surface area contributed by atoms with Gasteiger partial charge in [0.1, 0.15) is 11.2 Å². The molecule has 0 atom stereocenters. The predicted octanol–water partition coefficient (Wildman–Crippen LogP) is 10.5. The van der Waals surface area contributed by atoms with Crippen molar-refractivity contribution < 1.29 is 4.42 Å². The van der Waals surface area contributed by atoms with Crippen LogP contribution in [0.25, 0.3) is 94.0 Å². The van der Waals surface area contributed by atoms with Gasteiger partial charge in [0, 0.05) is 38.1 Å². The summed E-state index contributed by atoms with van der Waals surface area (Å²) in [6.45, 7) is 0. The molecular formula is C41H24N4O. The van der Waals surface area contributed by atoms with Gasteiger partial charge in [0.05, 0.1) is 16.4 Å². The molecule has 46 heavy (non-hydrogen) atoms. The van der Waals surface area contributed by atoms with Gasteiger partial charge in [0.25, 0.3) is 0 Å². The number of fused-ring (bicyclic) bond motifs is 12. The van der Waals surface area contributed by atoms with Crippen molar-refractivity contribution in [3.05, 3.63) is 146 Å². The van der Waals surface area contributed by atoms with Crippen LogP contribution in [0.5, 0.6) is 0 Å². The minimum absolute atomic E-state index is 0.561. The lowest BCUT2D eigenvalue weighted by Crippen LogP contribution is -2.06. The second kappa shape index (κ2) is 9.58. The first-order valence-electron chi connectivity index (χ1n) is 15.4. The molecule has 5 nitrogen and oxygen atoms in total. The average molecular weight is 589 g/mol. The number of aromatic nitrogens is 4. The van der Waals surface area contributed by atoms with Crippen molar-refractivity contribution in [2.45, 2.75) is 0 Å². The second-order valence-electron chi connectivity index (χ2n) is 11.6. The van der Waals surface area contributed by atoms with Crippen molar-refractivity contribution in [3.63, 3.8) is 0 Å². The van der Waals surface area contributed by atoms with E-state index < -0.39 is 0 Å². The normalized spacial score (nSPS) is 11.9. The van der Waals surface area contributed by atoms with Crippen molar-refractivity contribution in [3.8, 4) is 28.7 Å². The molecule has 7 aromatic carbocycles. The Labute approximate surface area is 263 Å². The Balaban J connectivity index is 1.48. The Hall–Kier alpha value is -6.33. The monoisotopic (exact) mass is 588 g/mol. The number of hydrogen-bond donors (Lipinski definition) is 0. The van der Waals surface area contributed by atoms with Gasteiger partial charge in [-0.3, -0.25) is 4.57 Å². The summed E-state index contributed by atoms with van der Waals surface area (Å²) in [7, 11) is 0. The molecule has 5 heteroatoms. The average Bonchev–Trinajstić information content (AvgIpc) is 3.69. The molecule has 0 unspecified atom stereocenters. The zero-order chi connectivity index (χ0) is 30.2. The van der Waals surface area contributed by atoms with Gasteiger partial charge in [-0.05, 0) is 16.8 Å². The van der Waals surface area contributed by atoms with E-state index in [1.807, 2.05) is 72.8 Å².